The van der Waals surface area contributed by atoms with Gasteiger partial charge in [0.25, 0.3) is 5.91 Å². The van der Waals surface area contributed by atoms with E-state index in [1.807, 2.05) is 54.9 Å². The minimum Gasteiger partial charge on any atom is -0.496 e. The van der Waals surface area contributed by atoms with E-state index in [4.69, 9.17) is 4.74 Å². The number of halogens is 1. The van der Waals surface area contributed by atoms with E-state index in [0.29, 0.717) is 12.2 Å². The molecule has 1 amide bonds. The average molecular weight is 351 g/mol. The Labute approximate surface area is 133 Å². The van der Waals surface area contributed by atoms with Crippen LogP contribution in [0.15, 0.2) is 41.0 Å². The molecule has 0 spiro atoms. The summed E-state index contributed by atoms with van der Waals surface area (Å²) in [4.78, 5) is 12.4. The fourth-order valence-corrected chi connectivity index (χ4v) is 2.61. The maximum absolute atomic E-state index is 12.4. The number of hydrogen-bond donors (Lipinski definition) is 1. The maximum atomic E-state index is 12.4. The SMILES string of the molecule is COc1ccccc1CNC(=O)c1cc(Br)cn1C(C)C. The van der Waals surface area contributed by atoms with Crippen LogP contribution in [0.2, 0.25) is 0 Å². The van der Waals surface area contributed by atoms with Crippen LogP contribution >= 0.6 is 15.9 Å². The van der Waals surface area contributed by atoms with Crippen molar-refractivity contribution in [1.82, 2.24) is 9.88 Å². The quantitative estimate of drug-likeness (QED) is 0.891. The molecule has 0 aliphatic rings. The summed E-state index contributed by atoms with van der Waals surface area (Å²) in [6.45, 7) is 4.52. The van der Waals surface area contributed by atoms with Gasteiger partial charge in [0.1, 0.15) is 11.4 Å². The fraction of sp³-hybridized carbons (Fsp3) is 0.312. The third-order valence-corrected chi connectivity index (χ3v) is 3.67. The van der Waals surface area contributed by atoms with Crippen molar-refractivity contribution in [2.24, 2.45) is 0 Å². The van der Waals surface area contributed by atoms with Gasteiger partial charge in [0.15, 0.2) is 0 Å². The summed E-state index contributed by atoms with van der Waals surface area (Å²) < 4.78 is 8.13. The smallest absolute Gasteiger partial charge is 0.268 e. The first-order valence-corrected chi connectivity index (χ1v) is 7.59. The highest BCUT2D eigenvalue weighted by atomic mass is 79.9. The summed E-state index contributed by atoms with van der Waals surface area (Å²) >= 11 is 3.42. The van der Waals surface area contributed by atoms with Gasteiger partial charge in [-0.15, -0.1) is 0 Å². The lowest BCUT2D eigenvalue weighted by atomic mass is 10.2. The monoisotopic (exact) mass is 350 g/mol. The molecule has 0 atom stereocenters. The zero-order valence-corrected chi connectivity index (χ0v) is 14.0. The highest BCUT2D eigenvalue weighted by molar-refractivity contribution is 9.10. The van der Waals surface area contributed by atoms with Crippen LogP contribution in [-0.2, 0) is 6.54 Å². The van der Waals surface area contributed by atoms with Gasteiger partial charge in [0, 0.05) is 28.8 Å². The summed E-state index contributed by atoms with van der Waals surface area (Å²) in [5.41, 5.74) is 1.60. The molecule has 2 aromatic rings. The lowest BCUT2D eigenvalue weighted by molar-refractivity contribution is 0.0940. The van der Waals surface area contributed by atoms with Gasteiger partial charge in [0.05, 0.1) is 7.11 Å². The first kappa shape index (κ1) is 15.6. The van der Waals surface area contributed by atoms with Crippen LogP contribution in [0.3, 0.4) is 0 Å². The van der Waals surface area contributed by atoms with Gasteiger partial charge in [-0.2, -0.15) is 0 Å². The Hall–Kier alpha value is -1.75. The van der Waals surface area contributed by atoms with Gasteiger partial charge in [0.2, 0.25) is 0 Å². The van der Waals surface area contributed by atoms with Crippen molar-refractivity contribution >= 4 is 21.8 Å². The predicted octanol–water partition coefficient (Wildman–Crippen LogP) is 3.77. The molecule has 21 heavy (non-hydrogen) atoms. The van der Waals surface area contributed by atoms with E-state index in [1.165, 1.54) is 0 Å². The fourth-order valence-electron chi connectivity index (χ4n) is 2.17. The third kappa shape index (κ3) is 3.67. The third-order valence-electron chi connectivity index (χ3n) is 3.24. The average Bonchev–Trinajstić information content (AvgIpc) is 2.87. The number of rotatable bonds is 5. The van der Waals surface area contributed by atoms with Gasteiger partial charge in [-0.1, -0.05) is 18.2 Å². The Morgan fingerprint density at radius 2 is 2.10 bits per heavy atom. The Morgan fingerprint density at radius 1 is 1.38 bits per heavy atom. The number of methoxy groups -OCH3 is 1. The molecule has 0 saturated heterocycles. The van der Waals surface area contributed by atoms with Crippen molar-refractivity contribution in [3.63, 3.8) is 0 Å². The molecule has 0 bridgehead atoms. The summed E-state index contributed by atoms with van der Waals surface area (Å²) in [7, 11) is 1.63. The number of carbonyl (C=O) groups excluding carboxylic acids is 1. The minimum atomic E-state index is -0.0969. The number of carbonyl (C=O) groups is 1. The van der Waals surface area contributed by atoms with Crippen LogP contribution in [0.5, 0.6) is 5.75 Å². The van der Waals surface area contributed by atoms with Crippen LogP contribution in [0.4, 0.5) is 0 Å². The van der Waals surface area contributed by atoms with Crippen molar-refractivity contribution in [2.45, 2.75) is 26.4 Å². The van der Waals surface area contributed by atoms with E-state index < -0.39 is 0 Å². The van der Waals surface area contributed by atoms with Crippen molar-refractivity contribution in [2.75, 3.05) is 7.11 Å². The molecule has 0 fully saturated rings. The summed E-state index contributed by atoms with van der Waals surface area (Å²) in [6, 6.07) is 9.72. The Balaban J connectivity index is 2.12. The molecular formula is C16H19BrN2O2. The zero-order valence-electron chi connectivity index (χ0n) is 12.4. The van der Waals surface area contributed by atoms with Crippen LogP contribution in [0.1, 0.15) is 35.9 Å². The first-order chi connectivity index (χ1) is 10.0. The van der Waals surface area contributed by atoms with Gasteiger partial charge in [-0.25, -0.2) is 0 Å². The molecule has 5 heteroatoms. The van der Waals surface area contributed by atoms with Gasteiger partial charge in [-0.3, -0.25) is 4.79 Å². The maximum Gasteiger partial charge on any atom is 0.268 e. The first-order valence-electron chi connectivity index (χ1n) is 6.80. The molecule has 0 unspecified atom stereocenters. The molecule has 1 aromatic carbocycles. The standard InChI is InChI=1S/C16H19BrN2O2/c1-11(2)19-10-13(17)8-14(19)16(20)18-9-12-6-4-5-7-15(12)21-3/h4-8,10-11H,9H2,1-3H3,(H,18,20). The Morgan fingerprint density at radius 3 is 2.76 bits per heavy atom. The number of aromatic nitrogens is 1. The lowest BCUT2D eigenvalue weighted by Crippen LogP contribution is -2.26. The van der Waals surface area contributed by atoms with Gasteiger partial charge < -0.3 is 14.6 Å². The lowest BCUT2D eigenvalue weighted by Gasteiger charge is -2.13. The number of benzene rings is 1. The molecule has 4 nitrogen and oxygen atoms in total. The predicted molar refractivity (Wildman–Crippen MR) is 86.7 cm³/mol. The van der Waals surface area contributed by atoms with Crippen molar-refractivity contribution in [3.05, 3.63) is 52.3 Å². The summed E-state index contributed by atoms with van der Waals surface area (Å²) in [5.74, 6) is 0.679. The van der Waals surface area contributed by atoms with Crippen LogP contribution in [0.25, 0.3) is 0 Å². The van der Waals surface area contributed by atoms with E-state index in [2.05, 4.69) is 21.2 Å². The Kier molecular flexibility index (Phi) is 5.07. The minimum absolute atomic E-state index is 0.0969. The largest absolute Gasteiger partial charge is 0.496 e. The molecule has 0 saturated carbocycles. The number of amides is 1. The van der Waals surface area contributed by atoms with Crippen LogP contribution in [0, 0.1) is 0 Å². The molecule has 1 aromatic heterocycles. The molecular weight excluding hydrogens is 332 g/mol. The number of para-hydroxylation sites is 1. The van der Waals surface area contributed by atoms with Crippen molar-refractivity contribution in [1.29, 1.82) is 0 Å². The zero-order chi connectivity index (χ0) is 15.4. The van der Waals surface area contributed by atoms with Crippen LogP contribution in [-0.4, -0.2) is 17.6 Å². The van der Waals surface area contributed by atoms with Gasteiger partial charge >= 0.3 is 0 Å². The second-order valence-electron chi connectivity index (χ2n) is 5.04. The van der Waals surface area contributed by atoms with E-state index in [0.717, 1.165) is 15.8 Å². The van der Waals surface area contributed by atoms with Crippen molar-refractivity contribution in [3.8, 4) is 5.75 Å². The summed E-state index contributed by atoms with van der Waals surface area (Å²) in [5, 5.41) is 2.94. The summed E-state index contributed by atoms with van der Waals surface area (Å²) in [6.07, 6.45) is 1.92. The number of hydrogen-bond acceptors (Lipinski definition) is 2. The van der Waals surface area contributed by atoms with E-state index in [9.17, 15) is 4.79 Å². The van der Waals surface area contributed by atoms with E-state index >= 15 is 0 Å². The van der Waals surface area contributed by atoms with Crippen molar-refractivity contribution < 1.29 is 9.53 Å². The molecule has 2 rings (SSSR count). The molecule has 0 radical (unpaired) electrons. The number of ether oxygens (including phenoxy) is 1. The normalized spacial score (nSPS) is 10.7. The molecule has 1 heterocycles. The van der Waals surface area contributed by atoms with Crippen LogP contribution < -0.4 is 10.1 Å². The molecule has 0 aliphatic heterocycles. The highest BCUT2D eigenvalue weighted by Gasteiger charge is 2.15. The number of nitrogens with zero attached hydrogens (tertiary/aromatic N) is 1. The second-order valence-corrected chi connectivity index (χ2v) is 5.95. The Bertz CT molecular complexity index is 635. The van der Waals surface area contributed by atoms with E-state index in [1.54, 1.807) is 7.11 Å². The molecule has 0 aliphatic carbocycles. The van der Waals surface area contributed by atoms with E-state index in [-0.39, 0.29) is 11.9 Å². The molecule has 112 valence electrons. The van der Waals surface area contributed by atoms with Gasteiger partial charge in [-0.05, 0) is 41.9 Å². The molecule has 1 N–H and O–H groups in total. The topological polar surface area (TPSA) is 43.3 Å². The highest BCUT2D eigenvalue weighted by Crippen LogP contribution is 2.20. The second kappa shape index (κ2) is 6.80. The number of nitrogens with one attached hydrogen (secondary N) is 1.